The van der Waals surface area contributed by atoms with Gasteiger partial charge in [-0.2, -0.15) is 8.42 Å². The first-order chi connectivity index (χ1) is 9.73. The van der Waals surface area contributed by atoms with Crippen LogP contribution >= 0.6 is 11.6 Å². The summed E-state index contributed by atoms with van der Waals surface area (Å²) in [6, 6.07) is 3.83. The van der Waals surface area contributed by atoms with Gasteiger partial charge in [0.25, 0.3) is 10.0 Å². The molecule has 0 spiro atoms. The molecule has 0 amide bonds. The molecular weight excluding hydrogens is 317 g/mol. The van der Waals surface area contributed by atoms with Gasteiger partial charge in [-0.3, -0.25) is 4.31 Å². The van der Waals surface area contributed by atoms with Gasteiger partial charge in [-0.1, -0.05) is 11.6 Å². The van der Waals surface area contributed by atoms with Crippen molar-refractivity contribution in [3.05, 3.63) is 41.6 Å². The average Bonchev–Trinajstić information content (AvgIpc) is 2.91. The molecule has 0 saturated carbocycles. The van der Waals surface area contributed by atoms with Crippen LogP contribution in [0.1, 0.15) is 19.9 Å². The van der Waals surface area contributed by atoms with Crippen LogP contribution in [0.4, 0.5) is 10.1 Å². The zero-order valence-corrected chi connectivity index (χ0v) is 13.4. The van der Waals surface area contributed by atoms with Gasteiger partial charge in [0, 0.05) is 19.3 Å². The van der Waals surface area contributed by atoms with E-state index in [1.54, 1.807) is 4.57 Å². The molecule has 0 unspecified atom stereocenters. The molecular formula is C13H15ClFN3O2S. The van der Waals surface area contributed by atoms with Crippen LogP contribution in [0.5, 0.6) is 0 Å². The molecule has 0 aliphatic heterocycles. The summed E-state index contributed by atoms with van der Waals surface area (Å²) in [5.74, 6) is -0.602. The van der Waals surface area contributed by atoms with Crippen LogP contribution in [-0.2, 0) is 10.0 Å². The zero-order chi connectivity index (χ0) is 15.8. The zero-order valence-electron chi connectivity index (χ0n) is 11.8. The molecule has 1 aromatic heterocycles. The summed E-state index contributed by atoms with van der Waals surface area (Å²) in [6.45, 7) is 3.84. The highest BCUT2D eigenvalue weighted by Gasteiger charge is 2.24. The lowest BCUT2D eigenvalue weighted by molar-refractivity contribution is 0.587. The van der Waals surface area contributed by atoms with Gasteiger partial charge >= 0.3 is 0 Å². The van der Waals surface area contributed by atoms with E-state index in [-0.39, 0.29) is 21.8 Å². The highest BCUT2D eigenvalue weighted by atomic mass is 35.5. The first-order valence-electron chi connectivity index (χ1n) is 6.21. The molecule has 2 rings (SSSR count). The third-order valence-electron chi connectivity index (χ3n) is 3.07. The lowest BCUT2D eigenvalue weighted by Gasteiger charge is -2.18. The third-order valence-corrected chi connectivity index (χ3v) is 5.03. The van der Waals surface area contributed by atoms with Crippen molar-refractivity contribution in [2.45, 2.75) is 24.9 Å². The van der Waals surface area contributed by atoms with Crippen molar-refractivity contribution in [2.24, 2.45) is 0 Å². The van der Waals surface area contributed by atoms with Crippen molar-refractivity contribution >= 4 is 27.3 Å². The monoisotopic (exact) mass is 331 g/mol. The van der Waals surface area contributed by atoms with Gasteiger partial charge in [0.15, 0.2) is 5.03 Å². The molecule has 2 aromatic rings. The molecule has 0 bridgehead atoms. The summed E-state index contributed by atoms with van der Waals surface area (Å²) in [5, 5.41) is -0.207. The lowest BCUT2D eigenvalue weighted by Crippen LogP contribution is -2.26. The number of anilines is 1. The Kier molecular flexibility index (Phi) is 4.25. The SMILES string of the molecule is CC(C)n1cnc(S(=O)(=O)N(C)c2ccc(F)c(Cl)c2)c1. The first-order valence-corrected chi connectivity index (χ1v) is 8.02. The smallest absolute Gasteiger partial charge is 0.283 e. The summed E-state index contributed by atoms with van der Waals surface area (Å²) < 4.78 is 40.8. The fourth-order valence-electron chi connectivity index (χ4n) is 1.69. The number of sulfonamides is 1. The predicted molar refractivity (Wildman–Crippen MR) is 79.6 cm³/mol. The number of halogens is 2. The van der Waals surface area contributed by atoms with Gasteiger partial charge in [-0.05, 0) is 32.0 Å². The molecule has 0 aliphatic carbocycles. The molecule has 8 heteroatoms. The van der Waals surface area contributed by atoms with Crippen LogP contribution in [0.25, 0.3) is 0 Å². The largest absolute Gasteiger partial charge is 0.334 e. The minimum atomic E-state index is -3.81. The Bertz CT molecular complexity index is 759. The minimum Gasteiger partial charge on any atom is -0.334 e. The van der Waals surface area contributed by atoms with Gasteiger partial charge < -0.3 is 4.57 Å². The van der Waals surface area contributed by atoms with E-state index in [9.17, 15) is 12.8 Å². The Morgan fingerprint density at radius 3 is 2.57 bits per heavy atom. The van der Waals surface area contributed by atoms with Crippen LogP contribution in [0, 0.1) is 5.82 Å². The number of rotatable bonds is 4. The molecule has 0 saturated heterocycles. The van der Waals surface area contributed by atoms with E-state index in [0.29, 0.717) is 0 Å². The third kappa shape index (κ3) is 3.03. The lowest BCUT2D eigenvalue weighted by atomic mass is 10.3. The van der Waals surface area contributed by atoms with Crippen molar-refractivity contribution in [3.63, 3.8) is 0 Å². The van der Waals surface area contributed by atoms with Crippen molar-refractivity contribution in [2.75, 3.05) is 11.4 Å². The van der Waals surface area contributed by atoms with Crippen molar-refractivity contribution < 1.29 is 12.8 Å². The Hall–Kier alpha value is -1.60. The van der Waals surface area contributed by atoms with E-state index >= 15 is 0 Å². The van der Waals surface area contributed by atoms with Crippen molar-refractivity contribution in [3.8, 4) is 0 Å². The van der Waals surface area contributed by atoms with Gasteiger partial charge in [0.05, 0.1) is 17.0 Å². The van der Waals surface area contributed by atoms with E-state index in [1.165, 1.54) is 31.7 Å². The highest BCUT2D eigenvalue weighted by molar-refractivity contribution is 7.92. The number of nitrogens with zero attached hydrogens (tertiary/aromatic N) is 3. The predicted octanol–water partition coefficient (Wildman–Crippen LogP) is 3.08. The van der Waals surface area contributed by atoms with Gasteiger partial charge in [0.1, 0.15) is 5.82 Å². The maximum absolute atomic E-state index is 13.2. The standard InChI is InChI=1S/C13H15ClFN3O2S/c1-9(2)18-7-13(16-8-18)21(19,20)17(3)10-4-5-12(15)11(14)6-10/h4-9H,1-3H3. The summed E-state index contributed by atoms with van der Waals surface area (Å²) in [5.41, 5.74) is 0.264. The van der Waals surface area contributed by atoms with Gasteiger partial charge in [0.2, 0.25) is 0 Å². The second kappa shape index (κ2) is 5.65. The molecule has 5 nitrogen and oxygen atoms in total. The summed E-state index contributed by atoms with van der Waals surface area (Å²) in [6.07, 6.45) is 2.92. The molecule has 1 aromatic carbocycles. The second-order valence-electron chi connectivity index (χ2n) is 4.82. The molecule has 114 valence electrons. The molecule has 0 N–H and O–H groups in total. The van der Waals surface area contributed by atoms with Crippen molar-refractivity contribution in [1.82, 2.24) is 9.55 Å². The number of benzene rings is 1. The van der Waals surface area contributed by atoms with E-state index in [0.717, 1.165) is 10.4 Å². The average molecular weight is 332 g/mol. The molecule has 21 heavy (non-hydrogen) atoms. The molecule has 0 atom stereocenters. The highest BCUT2D eigenvalue weighted by Crippen LogP contribution is 2.26. The maximum Gasteiger partial charge on any atom is 0.283 e. The number of imidazole rings is 1. The van der Waals surface area contributed by atoms with Gasteiger partial charge in [-0.15, -0.1) is 0 Å². The molecule has 0 fully saturated rings. The second-order valence-corrected chi connectivity index (χ2v) is 7.15. The van der Waals surface area contributed by atoms with E-state index < -0.39 is 15.8 Å². The summed E-state index contributed by atoms with van der Waals surface area (Å²) in [4.78, 5) is 3.92. The Morgan fingerprint density at radius 2 is 2.05 bits per heavy atom. The van der Waals surface area contributed by atoms with Crippen LogP contribution in [0.2, 0.25) is 5.02 Å². The van der Waals surface area contributed by atoms with Crippen LogP contribution < -0.4 is 4.31 Å². The van der Waals surface area contributed by atoms with Crippen LogP contribution in [0.3, 0.4) is 0 Å². The fourth-order valence-corrected chi connectivity index (χ4v) is 2.98. The van der Waals surface area contributed by atoms with Crippen LogP contribution in [-0.4, -0.2) is 25.0 Å². The number of hydrogen-bond donors (Lipinski definition) is 0. The topological polar surface area (TPSA) is 55.2 Å². The van der Waals surface area contributed by atoms with Gasteiger partial charge in [-0.25, -0.2) is 9.37 Å². The van der Waals surface area contributed by atoms with E-state index in [4.69, 9.17) is 11.6 Å². The molecule has 0 radical (unpaired) electrons. The Morgan fingerprint density at radius 1 is 1.38 bits per heavy atom. The van der Waals surface area contributed by atoms with E-state index in [1.807, 2.05) is 13.8 Å². The fraction of sp³-hybridized carbons (Fsp3) is 0.308. The number of hydrogen-bond acceptors (Lipinski definition) is 3. The summed E-state index contributed by atoms with van der Waals surface area (Å²) in [7, 11) is -2.45. The normalized spacial score (nSPS) is 11.9. The molecule has 0 aliphatic rings. The maximum atomic E-state index is 13.2. The minimum absolute atomic E-state index is 0.0702. The Balaban J connectivity index is 2.39. The van der Waals surface area contributed by atoms with E-state index in [2.05, 4.69) is 4.98 Å². The first kappa shape index (κ1) is 15.8. The Labute approximate surface area is 128 Å². The summed E-state index contributed by atoms with van der Waals surface area (Å²) >= 11 is 5.68. The van der Waals surface area contributed by atoms with Crippen molar-refractivity contribution in [1.29, 1.82) is 0 Å². The molecule has 1 heterocycles. The van der Waals surface area contributed by atoms with Crippen LogP contribution in [0.15, 0.2) is 35.7 Å². The quantitative estimate of drug-likeness (QED) is 0.865. The number of aromatic nitrogens is 2.